The molecule has 98 valence electrons. The molecule has 0 saturated carbocycles. The van der Waals surface area contributed by atoms with Gasteiger partial charge >= 0.3 is 5.97 Å². The van der Waals surface area contributed by atoms with Gasteiger partial charge in [-0.25, -0.2) is 4.79 Å². The number of benzene rings is 1. The first-order chi connectivity index (χ1) is 8.47. The largest absolute Gasteiger partial charge is 0.478 e. The van der Waals surface area contributed by atoms with E-state index in [-0.39, 0.29) is 17.4 Å². The van der Waals surface area contributed by atoms with Crippen LogP contribution in [0.2, 0.25) is 0 Å². The minimum absolute atomic E-state index is 0.114. The molecule has 0 heterocycles. The lowest BCUT2D eigenvalue weighted by molar-refractivity contribution is -0.119. The number of hydrogen-bond acceptors (Lipinski definition) is 2. The van der Waals surface area contributed by atoms with Crippen molar-refractivity contribution in [1.29, 1.82) is 0 Å². The van der Waals surface area contributed by atoms with Gasteiger partial charge in [0.2, 0.25) is 5.91 Å². The Morgan fingerprint density at radius 1 is 1.39 bits per heavy atom. The molecule has 0 radical (unpaired) electrons. The predicted molar refractivity (Wildman–Crippen MR) is 70.8 cm³/mol. The van der Waals surface area contributed by atoms with E-state index in [1.54, 1.807) is 25.1 Å². The number of nitrogens with one attached hydrogen (secondary N) is 1. The Labute approximate surface area is 107 Å². The number of carbonyl (C=O) groups excluding carboxylic acids is 1. The second kappa shape index (κ2) is 6.19. The van der Waals surface area contributed by atoms with E-state index in [0.717, 1.165) is 12.8 Å². The highest BCUT2D eigenvalue weighted by Crippen LogP contribution is 2.20. The topological polar surface area (TPSA) is 66.4 Å². The molecule has 4 heteroatoms. The van der Waals surface area contributed by atoms with Crippen LogP contribution in [0.5, 0.6) is 0 Å². The maximum Gasteiger partial charge on any atom is 0.338 e. The minimum Gasteiger partial charge on any atom is -0.478 e. The summed E-state index contributed by atoms with van der Waals surface area (Å²) in [6, 6.07) is 5.07. The summed E-state index contributed by atoms with van der Waals surface area (Å²) in [6.07, 6.45) is 1.72. The molecule has 0 aliphatic carbocycles. The lowest BCUT2D eigenvalue weighted by Crippen LogP contribution is -2.22. The summed E-state index contributed by atoms with van der Waals surface area (Å²) in [6.45, 7) is 5.57. The lowest BCUT2D eigenvalue weighted by atomic mass is 10.0. The fourth-order valence-corrected chi connectivity index (χ4v) is 1.88. The molecule has 2 N–H and O–H groups in total. The first kappa shape index (κ1) is 14.2. The zero-order chi connectivity index (χ0) is 13.7. The van der Waals surface area contributed by atoms with Crippen LogP contribution in [0, 0.1) is 12.8 Å². The monoisotopic (exact) mass is 249 g/mol. The third kappa shape index (κ3) is 3.32. The van der Waals surface area contributed by atoms with Gasteiger partial charge in [0.15, 0.2) is 0 Å². The normalized spacial score (nSPS) is 11.9. The number of carboxylic acids is 1. The van der Waals surface area contributed by atoms with Crippen LogP contribution in [-0.2, 0) is 4.79 Å². The Bertz CT molecular complexity index is 454. The predicted octanol–water partition coefficient (Wildman–Crippen LogP) is 3.07. The molecule has 1 unspecified atom stereocenters. The van der Waals surface area contributed by atoms with E-state index in [1.807, 2.05) is 13.8 Å². The SMILES string of the molecule is CCCC(C)C(=O)Nc1cccc(C)c1C(=O)O. The van der Waals surface area contributed by atoms with Crippen LogP contribution in [0.1, 0.15) is 42.6 Å². The van der Waals surface area contributed by atoms with Gasteiger partial charge in [-0.15, -0.1) is 0 Å². The number of amides is 1. The maximum atomic E-state index is 11.9. The first-order valence-electron chi connectivity index (χ1n) is 6.11. The van der Waals surface area contributed by atoms with Gasteiger partial charge in [-0.2, -0.15) is 0 Å². The molecule has 1 aromatic carbocycles. The van der Waals surface area contributed by atoms with E-state index < -0.39 is 5.97 Å². The van der Waals surface area contributed by atoms with Gasteiger partial charge in [-0.05, 0) is 25.0 Å². The van der Waals surface area contributed by atoms with Gasteiger partial charge in [0.25, 0.3) is 0 Å². The van der Waals surface area contributed by atoms with Crippen LogP contribution < -0.4 is 5.32 Å². The molecule has 0 spiro atoms. The molecule has 0 fully saturated rings. The van der Waals surface area contributed by atoms with Crippen LogP contribution in [-0.4, -0.2) is 17.0 Å². The summed E-state index contributed by atoms with van der Waals surface area (Å²) in [7, 11) is 0. The Morgan fingerprint density at radius 2 is 2.06 bits per heavy atom. The van der Waals surface area contributed by atoms with Gasteiger partial charge in [0.05, 0.1) is 11.3 Å². The van der Waals surface area contributed by atoms with Gasteiger partial charge < -0.3 is 10.4 Å². The van der Waals surface area contributed by atoms with Crippen molar-refractivity contribution in [3.05, 3.63) is 29.3 Å². The average molecular weight is 249 g/mol. The fourth-order valence-electron chi connectivity index (χ4n) is 1.88. The van der Waals surface area contributed by atoms with Gasteiger partial charge in [0, 0.05) is 5.92 Å². The zero-order valence-electron chi connectivity index (χ0n) is 11.0. The van der Waals surface area contributed by atoms with E-state index in [1.165, 1.54) is 0 Å². The second-order valence-electron chi connectivity index (χ2n) is 4.48. The van der Waals surface area contributed by atoms with E-state index in [4.69, 9.17) is 5.11 Å². The van der Waals surface area contributed by atoms with Crippen molar-refractivity contribution in [2.45, 2.75) is 33.6 Å². The highest BCUT2D eigenvalue weighted by atomic mass is 16.4. The molecule has 0 saturated heterocycles. The van der Waals surface area contributed by atoms with Crippen LogP contribution in [0.4, 0.5) is 5.69 Å². The molecule has 0 aliphatic heterocycles. The van der Waals surface area contributed by atoms with E-state index in [9.17, 15) is 9.59 Å². The zero-order valence-corrected chi connectivity index (χ0v) is 11.0. The standard InChI is InChI=1S/C14H19NO3/c1-4-6-10(3)13(16)15-11-8-5-7-9(2)12(11)14(17)18/h5,7-8,10H,4,6H2,1-3H3,(H,15,16)(H,17,18). The molecule has 1 atom stereocenters. The van der Waals surface area contributed by atoms with Crippen LogP contribution >= 0.6 is 0 Å². The Kier molecular flexibility index (Phi) is 4.89. The van der Waals surface area contributed by atoms with E-state index >= 15 is 0 Å². The van der Waals surface area contributed by atoms with Gasteiger partial charge in [-0.3, -0.25) is 4.79 Å². The van der Waals surface area contributed by atoms with Crippen LogP contribution in [0.25, 0.3) is 0 Å². The Morgan fingerprint density at radius 3 is 2.61 bits per heavy atom. The smallest absolute Gasteiger partial charge is 0.338 e. The number of hydrogen-bond donors (Lipinski definition) is 2. The molecule has 1 amide bonds. The minimum atomic E-state index is -1.02. The highest BCUT2D eigenvalue weighted by Gasteiger charge is 2.17. The molecule has 4 nitrogen and oxygen atoms in total. The number of aryl methyl sites for hydroxylation is 1. The summed E-state index contributed by atoms with van der Waals surface area (Å²) in [5, 5.41) is 11.8. The molecule has 0 bridgehead atoms. The maximum absolute atomic E-state index is 11.9. The van der Waals surface area contributed by atoms with Crippen molar-refractivity contribution in [2.75, 3.05) is 5.32 Å². The molecule has 0 aliphatic rings. The highest BCUT2D eigenvalue weighted by molar-refractivity contribution is 6.02. The number of aromatic carboxylic acids is 1. The summed E-state index contributed by atoms with van der Waals surface area (Å²) >= 11 is 0. The average Bonchev–Trinajstić information content (AvgIpc) is 2.28. The molecular formula is C14H19NO3. The second-order valence-corrected chi connectivity index (χ2v) is 4.48. The third-order valence-electron chi connectivity index (χ3n) is 2.91. The van der Waals surface area contributed by atoms with Crippen LogP contribution in [0.3, 0.4) is 0 Å². The van der Waals surface area contributed by atoms with Crippen molar-refractivity contribution >= 4 is 17.6 Å². The number of anilines is 1. The third-order valence-corrected chi connectivity index (χ3v) is 2.91. The van der Waals surface area contributed by atoms with Gasteiger partial charge in [-0.1, -0.05) is 32.4 Å². The summed E-state index contributed by atoms with van der Waals surface area (Å²) in [5.74, 6) is -1.27. The Balaban J connectivity index is 2.94. The number of carboxylic acid groups (broad SMARTS) is 1. The van der Waals surface area contributed by atoms with Crippen LogP contribution in [0.15, 0.2) is 18.2 Å². The summed E-state index contributed by atoms with van der Waals surface area (Å²) in [4.78, 5) is 23.1. The van der Waals surface area contributed by atoms with Crippen molar-refractivity contribution < 1.29 is 14.7 Å². The lowest BCUT2D eigenvalue weighted by Gasteiger charge is -2.14. The van der Waals surface area contributed by atoms with E-state index in [2.05, 4.69) is 5.32 Å². The molecule has 1 aromatic rings. The van der Waals surface area contributed by atoms with Crippen molar-refractivity contribution in [1.82, 2.24) is 0 Å². The van der Waals surface area contributed by atoms with Gasteiger partial charge in [0.1, 0.15) is 0 Å². The summed E-state index contributed by atoms with van der Waals surface area (Å²) in [5.41, 5.74) is 1.17. The molecule has 1 rings (SSSR count). The molecule has 0 aromatic heterocycles. The fraction of sp³-hybridized carbons (Fsp3) is 0.429. The Hall–Kier alpha value is -1.84. The summed E-state index contributed by atoms with van der Waals surface area (Å²) < 4.78 is 0. The van der Waals surface area contributed by atoms with Crippen molar-refractivity contribution in [2.24, 2.45) is 5.92 Å². The molecule has 18 heavy (non-hydrogen) atoms. The number of carbonyl (C=O) groups is 2. The molecular weight excluding hydrogens is 230 g/mol. The van der Waals surface area contributed by atoms with Crippen molar-refractivity contribution in [3.8, 4) is 0 Å². The quantitative estimate of drug-likeness (QED) is 0.842. The van der Waals surface area contributed by atoms with E-state index in [0.29, 0.717) is 11.3 Å². The van der Waals surface area contributed by atoms with Crippen molar-refractivity contribution in [3.63, 3.8) is 0 Å². The number of rotatable bonds is 5. The first-order valence-corrected chi connectivity index (χ1v) is 6.11.